The zero-order valence-corrected chi connectivity index (χ0v) is 21.0. The van der Waals surface area contributed by atoms with Gasteiger partial charge in [-0.3, -0.25) is 14.4 Å². The van der Waals surface area contributed by atoms with E-state index in [0.29, 0.717) is 21.8 Å². The van der Waals surface area contributed by atoms with Crippen molar-refractivity contribution in [3.63, 3.8) is 0 Å². The number of hydrogen-bond acceptors (Lipinski definition) is 9. The summed E-state index contributed by atoms with van der Waals surface area (Å²) in [5, 5.41) is 11.3. The van der Waals surface area contributed by atoms with Gasteiger partial charge in [0.05, 0.1) is 24.8 Å². The van der Waals surface area contributed by atoms with Gasteiger partial charge in [-0.05, 0) is 24.3 Å². The number of amides is 1. The highest BCUT2D eigenvalue weighted by Crippen LogP contribution is 2.32. The Hall–Kier alpha value is -2.83. The van der Waals surface area contributed by atoms with Crippen LogP contribution in [0.15, 0.2) is 57.8 Å². The number of carbonyl (C=O) groups is 1. The minimum atomic E-state index is -4.11. The molecular formula is C21H24N4O5S3. The molecule has 0 aliphatic rings. The molecule has 0 aliphatic carbocycles. The molecule has 1 N–H and O–H groups in total. The van der Waals surface area contributed by atoms with Crippen molar-refractivity contribution in [2.45, 2.75) is 28.3 Å². The van der Waals surface area contributed by atoms with Crippen LogP contribution in [-0.2, 0) is 14.8 Å². The van der Waals surface area contributed by atoms with Crippen LogP contribution in [0.2, 0.25) is 0 Å². The van der Waals surface area contributed by atoms with E-state index in [-0.39, 0.29) is 10.6 Å². The second kappa shape index (κ2) is 10.9. The first-order valence-electron chi connectivity index (χ1n) is 9.84. The van der Waals surface area contributed by atoms with Crippen molar-refractivity contribution in [2.24, 2.45) is 0 Å². The number of rotatable bonds is 10. The molecule has 0 bridgehead atoms. The summed E-state index contributed by atoms with van der Waals surface area (Å²) in [5.74, 6) is 0.118. The van der Waals surface area contributed by atoms with Crippen molar-refractivity contribution in [3.05, 3.63) is 48.5 Å². The summed E-state index contributed by atoms with van der Waals surface area (Å²) in [7, 11) is -1.22. The molecule has 0 saturated heterocycles. The molecule has 12 heteroatoms. The molecule has 0 aliphatic heterocycles. The summed E-state index contributed by atoms with van der Waals surface area (Å²) in [4.78, 5) is 12.8. The number of anilines is 2. The van der Waals surface area contributed by atoms with Gasteiger partial charge in [0, 0.05) is 11.3 Å². The van der Waals surface area contributed by atoms with Crippen LogP contribution in [0.1, 0.15) is 13.8 Å². The topological polar surface area (TPSA) is 111 Å². The van der Waals surface area contributed by atoms with Crippen molar-refractivity contribution < 1.29 is 22.7 Å². The molecule has 33 heavy (non-hydrogen) atoms. The summed E-state index contributed by atoms with van der Waals surface area (Å²) >= 11 is 2.77. The Balaban J connectivity index is 1.89. The molecule has 0 fully saturated rings. The number of ether oxygens (including phenoxy) is 2. The van der Waals surface area contributed by atoms with E-state index in [1.54, 1.807) is 30.3 Å². The van der Waals surface area contributed by atoms with E-state index in [9.17, 15) is 13.2 Å². The van der Waals surface area contributed by atoms with Crippen molar-refractivity contribution in [1.82, 2.24) is 10.2 Å². The standard InChI is InChI=1S/C21H24N4O5S3/c1-14(2)31-21-24-23-20(32-21)22-19(26)13-25(15-8-6-5-7-9-15)33(27,28)16-10-11-17(29-3)18(12-16)30-4/h5-12,14H,13H2,1-4H3,(H,22,23,26). The number of thioether (sulfide) groups is 1. The maximum absolute atomic E-state index is 13.5. The SMILES string of the molecule is COc1ccc(S(=O)(=O)N(CC(=O)Nc2nnc(SC(C)C)s2)c2ccccc2)cc1OC. The van der Waals surface area contributed by atoms with Crippen molar-refractivity contribution in [2.75, 3.05) is 30.4 Å². The van der Waals surface area contributed by atoms with Crippen LogP contribution in [0, 0.1) is 0 Å². The molecule has 2 aromatic carbocycles. The molecule has 0 spiro atoms. The van der Waals surface area contributed by atoms with Gasteiger partial charge in [-0.1, -0.05) is 55.1 Å². The number of methoxy groups -OCH3 is 2. The third kappa shape index (κ3) is 6.15. The van der Waals surface area contributed by atoms with Gasteiger partial charge in [0.25, 0.3) is 10.0 Å². The van der Waals surface area contributed by atoms with E-state index in [1.807, 2.05) is 13.8 Å². The molecule has 176 valence electrons. The average Bonchev–Trinajstić information content (AvgIpc) is 3.23. The van der Waals surface area contributed by atoms with E-state index in [4.69, 9.17) is 9.47 Å². The van der Waals surface area contributed by atoms with Crippen LogP contribution in [0.3, 0.4) is 0 Å². The Labute approximate surface area is 201 Å². The number of aromatic nitrogens is 2. The number of nitrogens with one attached hydrogen (secondary N) is 1. The first-order chi connectivity index (χ1) is 15.7. The number of para-hydroxylation sites is 1. The predicted octanol–water partition coefficient (Wildman–Crippen LogP) is 3.89. The first-order valence-corrected chi connectivity index (χ1v) is 13.0. The molecule has 0 radical (unpaired) electrons. The monoisotopic (exact) mass is 508 g/mol. The van der Waals surface area contributed by atoms with Crippen LogP contribution < -0.4 is 19.1 Å². The molecule has 3 rings (SSSR count). The number of hydrogen-bond donors (Lipinski definition) is 1. The van der Waals surface area contributed by atoms with Crippen LogP contribution >= 0.6 is 23.1 Å². The maximum atomic E-state index is 13.5. The molecule has 9 nitrogen and oxygen atoms in total. The minimum Gasteiger partial charge on any atom is -0.493 e. The van der Waals surface area contributed by atoms with Gasteiger partial charge >= 0.3 is 0 Å². The zero-order valence-electron chi connectivity index (χ0n) is 18.5. The lowest BCUT2D eigenvalue weighted by Crippen LogP contribution is -2.38. The molecule has 1 amide bonds. The second-order valence-electron chi connectivity index (χ2n) is 6.95. The van der Waals surface area contributed by atoms with Gasteiger partial charge in [-0.25, -0.2) is 8.42 Å². The van der Waals surface area contributed by atoms with Gasteiger partial charge in [0.2, 0.25) is 11.0 Å². The minimum absolute atomic E-state index is 0.0386. The van der Waals surface area contributed by atoms with E-state index >= 15 is 0 Å². The fourth-order valence-electron chi connectivity index (χ4n) is 2.81. The van der Waals surface area contributed by atoms with Gasteiger partial charge in [-0.2, -0.15) is 0 Å². The number of sulfonamides is 1. The highest BCUT2D eigenvalue weighted by atomic mass is 32.2. The van der Waals surface area contributed by atoms with E-state index < -0.39 is 22.5 Å². The summed E-state index contributed by atoms with van der Waals surface area (Å²) in [5.41, 5.74) is 0.343. The Morgan fingerprint density at radius 2 is 1.79 bits per heavy atom. The van der Waals surface area contributed by atoms with Crippen LogP contribution in [0.4, 0.5) is 10.8 Å². The normalized spacial score (nSPS) is 11.3. The quantitative estimate of drug-likeness (QED) is 0.324. The summed E-state index contributed by atoms with van der Waals surface area (Å²) < 4.78 is 39.3. The Kier molecular flexibility index (Phi) is 8.16. The summed E-state index contributed by atoms with van der Waals surface area (Å²) in [6.07, 6.45) is 0. The molecule has 1 aromatic heterocycles. The Bertz CT molecular complexity index is 1200. The second-order valence-corrected chi connectivity index (χ2v) is 11.6. The van der Waals surface area contributed by atoms with E-state index in [2.05, 4.69) is 15.5 Å². The molecular weight excluding hydrogens is 484 g/mol. The first kappa shape index (κ1) is 24.8. The third-order valence-electron chi connectivity index (χ3n) is 4.26. The van der Waals surface area contributed by atoms with Crippen LogP contribution in [0.5, 0.6) is 11.5 Å². The zero-order chi connectivity index (χ0) is 24.0. The lowest BCUT2D eigenvalue weighted by Gasteiger charge is -2.24. The van der Waals surface area contributed by atoms with Gasteiger partial charge in [0.15, 0.2) is 15.8 Å². The van der Waals surface area contributed by atoms with Crippen LogP contribution in [0.25, 0.3) is 0 Å². The smallest absolute Gasteiger partial charge is 0.264 e. The van der Waals surface area contributed by atoms with Crippen LogP contribution in [-0.4, -0.2) is 50.5 Å². The highest BCUT2D eigenvalue weighted by Gasteiger charge is 2.28. The Morgan fingerprint density at radius 3 is 2.42 bits per heavy atom. The largest absolute Gasteiger partial charge is 0.493 e. The van der Waals surface area contributed by atoms with Crippen molar-refractivity contribution in [1.29, 1.82) is 0 Å². The fraction of sp³-hybridized carbons (Fsp3) is 0.286. The molecule has 0 atom stereocenters. The molecule has 0 saturated carbocycles. The van der Waals surface area contributed by atoms with Gasteiger partial charge < -0.3 is 9.47 Å². The summed E-state index contributed by atoms with van der Waals surface area (Å²) in [6, 6.07) is 12.7. The highest BCUT2D eigenvalue weighted by molar-refractivity contribution is 8.01. The maximum Gasteiger partial charge on any atom is 0.264 e. The molecule has 1 heterocycles. The third-order valence-corrected chi connectivity index (χ3v) is 7.96. The van der Waals surface area contributed by atoms with Gasteiger partial charge in [-0.15, -0.1) is 10.2 Å². The fourth-order valence-corrected chi connectivity index (χ4v) is 6.24. The van der Waals surface area contributed by atoms with Gasteiger partial charge in [0.1, 0.15) is 6.54 Å². The van der Waals surface area contributed by atoms with E-state index in [0.717, 1.165) is 8.64 Å². The lowest BCUT2D eigenvalue weighted by atomic mass is 10.3. The number of carbonyl (C=O) groups excluding carboxylic acids is 1. The average molecular weight is 509 g/mol. The molecule has 0 unspecified atom stereocenters. The number of benzene rings is 2. The van der Waals surface area contributed by atoms with Crippen molar-refractivity contribution >= 4 is 49.8 Å². The molecule has 3 aromatic rings. The van der Waals surface area contributed by atoms with Crippen molar-refractivity contribution in [3.8, 4) is 11.5 Å². The number of nitrogens with zero attached hydrogens (tertiary/aromatic N) is 3. The van der Waals surface area contributed by atoms with E-state index in [1.165, 1.54) is 55.5 Å². The lowest BCUT2D eigenvalue weighted by molar-refractivity contribution is -0.114. The Morgan fingerprint density at radius 1 is 1.09 bits per heavy atom. The summed E-state index contributed by atoms with van der Waals surface area (Å²) in [6.45, 7) is 3.61. The predicted molar refractivity (Wildman–Crippen MR) is 130 cm³/mol.